The van der Waals surface area contributed by atoms with Crippen LogP contribution < -0.4 is 10.1 Å². The van der Waals surface area contributed by atoms with Crippen LogP contribution in [-0.4, -0.2) is 28.6 Å². The molecule has 25 heavy (non-hydrogen) atoms. The molecule has 0 saturated heterocycles. The Morgan fingerprint density at radius 2 is 1.92 bits per heavy atom. The molecule has 3 aromatic rings. The molecule has 0 unspecified atom stereocenters. The first-order chi connectivity index (χ1) is 12.1. The number of hydrogen-bond acceptors (Lipinski definition) is 3. The third-order valence-electron chi connectivity index (χ3n) is 3.63. The molecule has 1 N–H and O–H groups in total. The maximum absolute atomic E-state index is 11.8. The van der Waals surface area contributed by atoms with Gasteiger partial charge in [0.05, 0.1) is 17.4 Å². The number of nitrogens with one attached hydrogen (secondary N) is 1. The lowest BCUT2D eigenvalue weighted by Gasteiger charge is -2.09. The molecule has 3 rings (SSSR count). The van der Waals surface area contributed by atoms with Crippen molar-refractivity contribution in [3.05, 3.63) is 58.8 Å². The third-order valence-corrected chi connectivity index (χ3v) is 4.07. The maximum Gasteiger partial charge on any atom is 0.257 e. The zero-order chi connectivity index (χ0) is 17.6. The van der Waals surface area contributed by atoms with Crippen LogP contribution in [0.15, 0.2) is 48.8 Å². The third kappa shape index (κ3) is 4.87. The first-order valence-corrected chi connectivity index (χ1v) is 8.63. The van der Waals surface area contributed by atoms with Crippen LogP contribution in [0.3, 0.4) is 0 Å². The SMILES string of the molecule is O=C(COc1cc(Cl)cc(Cl)c1)NCCCn1cnc2ccccc21. The van der Waals surface area contributed by atoms with Crippen molar-refractivity contribution in [2.45, 2.75) is 13.0 Å². The van der Waals surface area contributed by atoms with E-state index in [-0.39, 0.29) is 12.5 Å². The highest BCUT2D eigenvalue weighted by Gasteiger charge is 2.05. The smallest absolute Gasteiger partial charge is 0.257 e. The van der Waals surface area contributed by atoms with Gasteiger partial charge in [0.15, 0.2) is 6.61 Å². The number of carbonyl (C=O) groups excluding carboxylic acids is 1. The molecule has 0 aliphatic carbocycles. The number of carbonyl (C=O) groups is 1. The predicted molar refractivity (Wildman–Crippen MR) is 99.3 cm³/mol. The molecule has 2 aromatic carbocycles. The van der Waals surface area contributed by atoms with Crippen molar-refractivity contribution >= 4 is 40.1 Å². The van der Waals surface area contributed by atoms with E-state index in [9.17, 15) is 4.79 Å². The number of imidazole rings is 1. The fourth-order valence-corrected chi connectivity index (χ4v) is 2.98. The molecule has 0 aliphatic rings. The lowest BCUT2D eigenvalue weighted by Crippen LogP contribution is -2.30. The molecule has 0 fully saturated rings. The quantitative estimate of drug-likeness (QED) is 0.634. The van der Waals surface area contributed by atoms with Crippen molar-refractivity contribution in [1.29, 1.82) is 0 Å². The minimum absolute atomic E-state index is 0.0787. The second-order valence-corrected chi connectivity index (χ2v) is 6.40. The summed E-state index contributed by atoms with van der Waals surface area (Å²) in [6, 6.07) is 12.8. The maximum atomic E-state index is 11.8. The van der Waals surface area contributed by atoms with Crippen LogP contribution in [0.4, 0.5) is 0 Å². The normalized spacial score (nSPS) is 10.8. The number of benzene rings is 2. The van der Waals surface area contributed by atoms with Crippen LogP contribution in [-0.2, 0) is 11.3 Å². The first-order valence-electron chi connectivity index (χ1n) is 7.87. The number of hydrogen-bond donors (Lipinski definition) is 1. The second kappa shape index (κ2) is 8.23. The van der Waals surface area contributed by atoms with Gasteiger partial charge in [0.2, 0.25) is 0 Å². The molecule has 0 bridgehead atoms. The van der Waals surface area contributed by atoms with Crippen LogP contribution >= 0.6 is 23.2 Å². The molecular weight excluding hydrogens is 361 g/mol. The Bertz CT molecular complexity index is 859. The lowest BCUT2D eigenvalue weighted by molar-refractivity contribution is -0.123. The molecule has 0 saturated carbocycles. The number of aromatic nitrogens is 2. The number of amides is 1. The Balaban J connectivity index is 1.40. The number of fused-ring (bicyclic) bond motifs is 1. The average molecular weight is 378 g/mol. The summed E-state index contributed by atoms with van der Waals surface area (Å²) >= 11 is 11.8. The summed E-state index contributed by atoms with van der Waals surface area (Å²) in [6.07, 6.45) is 2.62. The summed E-state index contributed by atoms with van der Waals surface area (Å²) in [5.74, 6) is 0.282. The van der Waals surface area contributed by atoms with E-state index in [1.807, 2.05) is 30.6 Å². The Labute approximate surface area is 155 Å². The Morgan fingerprint density at radius 3 is 2.72 bits per heavy atom. The molecule has 1 heterocycles. The zero-order valence-electron chi connectivity index (χ0n) is 13.4. The summed E-state index contributed by atoms with van der Waals surface area (Å²) in [7, 11) is 0. The van der Waals surface area contributed by atoms with Gasteiger partial charge in [-0.1, -0.05) is 35.3 Å². The minimum atomic E-state index is -0.188. The standard InChI is InChI=1S/C18H17Cl2N3O2/c19-13-8-14(20)10-15(9-13)25-11-18(24)21-6-3-7-23-12-22-16-4-1-2-5-17(16)23/h1-2,4-5,8-10,12H,3,6-7,11H2,(H,21,24). The van der Waals surface area contributed by atoms with Crippen molar-refractivity contribution in [2.24, 2.45) is 0 Å². The molecule has 5 nitrogen and oxygen atoms in total. The van der Waals surface area contributed by atoms with E-state index in [1.165, 1.54) is 0 Å². The van der Waals surface area contributed by atoms with Gasteiger partial charge in [-0.3, -0.25) is 4.79 Å². The van der Waals surface area contributed by atoms with Gasteiger partial charge >= 0.3 is 0 Å². The van der Waals surface area contributed by atoms with Crippen molar-refractivity contribution in [3.8, 4) is 5.75 Å². The Kier molecular flexibility index (Phi) is 5.79. The molecule has 130 valence electrons. The van der Waals surface area contributed by atoms with E-state index in [0.717, 1.165) is 24.0 Å². The molecule has 7 heteroatoms. The van der Waals surface area contributed by atoms with E-state index >= 15 is 0 Å². The first kappa shape index (κ1) is 17.6. The average Bonchev–Trinajstić information content (AvgIpc) is 2.99. The Hall–Kier alpha value is -2.24. The van der Waals surface area contributed by atoms with E-state index in [1.54, 1.807) is 18.2 Å². The van der Waals surface area contributed by atoms with Gasteiger partial charge in [-0.05, 0) is 36.8 Å². The molecular formula is C18H17Cl2N3O2. The topological polar surface area (TPSA) is 56.1 Å². The van der Waals surface area contributed by atoms with E-state index in [4.69, 9.17) is 27.9 Å². The van der Waals surface area contributed by atoms with Gasteiger partial charge < -0.3 is 14.6 Å². The van der Waals surface area contributed by atoms with Crippen molar-refractivity contribution in [1.82, 2.24) is 14.9 Å². The molecule has 1 amide bonds. The van der Waals surface area contributed by atoms with Gasteiger partial charge in [0, 0.05) is 23.1 Å². The highest BCUT2D eigenvalue weighted by molar-refractivity contribution is 6.34. The van der Waals surface area contributed by atoms with Crippen LogP contribution in [0.1, 0.15) is 6.42 Å². The number of aryl methyl sites for hydroxylation is 1. The van der Waals surface area contributed by atoms with Crippen molar-refractivity contribution in [2.75, 3.05) is 13.2 Å². The number of halogens is 2. The van der Waals surface area contributed by atoms with Crippen molar-refractivity contribution in [3.63, 3.8) is 0 Å². The second-order valence-electron chi connectivity index (χ2n) is 5.52. The number of rotatable bonds is 7. The fourth-order valence-electron chi connectivity index (χ4n) is 2.48. The number of nitrogens with zero attached hydrogens (tertiary/aromatic N) is 2. The summed E-state index contributed by atoms with van der Waals surface area (Å²) in [4.78, 5) is 16.2. The highest BCUT2D eigenvalue weighted by atomic mass is 35.5. The van der Waals surface area contributed by atoms with Gasteiger partial charge in [-0.15, -0.1) is 0 Å². The number of para-hydroxylation sites is 2. The van der Waals surface area contributed by atoms with Gasteiger partial charge in [0.1, 0.15) is 5.75 Å². The number of ether oxygens (including phenoxy) is 1. The van der Waals surface area contributed by atoms with Gasteiger partial charge in [0.25, 0.3) is 5.91 Å². The lowest BCUT2D eigenvalue weighted by atomic mass is 10.3. The van der Waals surface area contributed by atoms with E-state index in [2.05, 4.69) is 14.9 Å². The zero-order valence-corrected chi connectivity index (χ0v) is 14.9. The van der Waals surface area contributed by atoms with Crippen LogP contribution in [0.5, 0.6) is 5.75 Å². The van der Waals surface area contributed by atoms with E-state index < -0.39 is 0 Å². The summed E-state index contributed by atoms with van der Waals surface area (Å²) in [5.41, 5.74) is 2.06. The summed E-state index contributed by atoms with van der Waals surface area (Å²) < 4.78 is 7.47. The van der Waals surface area contributed by atoms with Crippen LogP contribution in [0.2, 0.25) is 10.0 Å². The predicted octanol–water partition coefficient (Wildman–Crippen LogP) is 3.93. The monoisotopic (exact) mass is 377 g/mol. The molecule has 1 aromatic heterocycles. The largest absolute Gasteiger partial charge is 0.484 e. The van der Waals surface area contributed by atoms with Gasteiger partial charge in [-0.25, -0.2) is 4.98 Å². The van der Waals surface area contributed by atoms with E-state index in [0.29, 0.717) is 22.3 Å². The fraction of sp³-hybridized carbons (Fsp3) is 0.222. The molecule has 0 aliphatic heterocycles. The molecule has 0 atom stereocenters. The molecule has 0 radical (unpaired) electrons. The molecule has 0 spiro atoms. The minimum Gasteiger partial charge on any atom is -0.484 e. The highest BCUT2D eigenvalue weighted by Crippen LogP contribution is 2.24. The summed E-state index contributed by atoms with van der Waals surface area (Å²) in [5, 5.41) is 3.77. The van der Waals surface area contributed by atoms with Crippen LogP contribution in [0.25, 0.3) is 11.0 Å². The summed E-state index contributed by atoms with van der Waals surface area (Å²) in [6.45, 7) is 1.27. The van der Waals surface area contributed by atoms with Gasteiger partial charge in [-0.2, -0.15) is 0 Å². The Morgan fingerprint density at radius 1 is 1.16 bits per heavy atom. The van der Waals surface area contributed by atoms with Crippen molar-refractivity contribution < 1.29 is 9.53 Å². The van der Waals surface area contributed by atoms with Crippen LogP contribution in [0, 0.1) is 0 Å².